The molecule has 0 saturated carbocycles. The molecular formula is C18H23F3N2O. The second-order valence-electron chi connectivity index (χ2n) is 7.02. The van der Waals surface area contributed by atoms with Crippen molar-refractivity contribution in [2.45, 2.75) is 39.2 Å². The Morgan fingerprint density at radius 3 is 2.46 bits per heavy atom. The Hall–Kier alpha value is -1.56. The number of nitrogens with zero attached hydrogens (tertiary/aromatic N) is 2. The maximum Gasteiger partial charge on any atom is 0.222 e. The number of halogens is 3. The van der Waals surface area contributed by atoms with Crippen LogP contribution in [0.2, 0.25) is 0 Å². The van der Waals surface area contributed by atoms with Crippen LogP contribution < -0.4 is 0 Å². The molecule has 1 amide bonds. The van der Waals surface area contributed by atoms with Gasteiger partial charge in [-0.1, -0.05) is 6.07 Å². The molecule has 2 fully saturated rings. The zero-order chi connectivity index (χ0) is 17.3. The highest BCUT2D eigenvalue weighted by Crippen LogP contribution is 2.40. The summed E-state index contributed by atoms with van der Waals surface area (Å²) in [5, 5.41) is 0. The van der Waals surface area contributed by atoms with E-state index in [-0.39, 0.29) is 23.4 Å². The molecule has 2 aliphatic heterocycles. The molecule has 24 heavy (non-hydrogen) atoms. The third-order valence-corrected chi connectivity index (χ3v) is 5.56. The molecular weight excluding hydrogens is 317 g/mol. The summed E-state index contributed by atoms with van der Waals surface area (Å²) < 4.78 is 40.2. The van der Waals surface area contributed by atoms with Crippen molar-refractivity contribution in [1.29, 1.82) is 0 Å². The minimum atomic E-state index is -1.40. The van der Waals surface area contributed by atoms with Crippen molar-refractivity contribution < 1.29 is 18.0 Å². The molecule has 2 heterocycles. The lowest BCUT2D eigenvalue weighted by Gasteiger charge is -2.47. The van der Waals surface area contributed by atoms with Crippen LogP contribution in [0.25, 0.3) is 0 Å². The molecule has 1 spiro atoms. The number of carbonyl (C=O) groups is 1. The molecule has 1 aromatic rings. The van der Waals surface area contributed by atoms with E-state index in [1.165, 1.54) is 6.07 Å². The predicted octanol–water partition coefficient (Wildman–Crippen LogP) is 3.33. The summed E-state index contributed by atoms with van der Waals surface area (Å²) in [5.41, 5.74) is 0.353. The maximum absolute atomic E-state index is 13.8. The smallest absolute Gasteiger partial charge is 0.222 e. The van der Waals surface area contributed by atoms with E-state index in [2.05, 4.69) is 4.90 Å². The van der Waals surface area contributed by atoms with E-state index in [1.54, 1.807) is 0 Å². The summed E-state index contributed by atoms with van der Waals surface area (Å²) in [6.07, 6.45) is 3.41. The first kappa shape index (κ1) is 17.3. The summed E-state index contributed by atoms with van der Waals surface area (Å²) >= 11 is 0. The van der Waals surface area contributed by atoms with E-state index in [0.717, 1.165) is 51.5 Å². The quantitative estimate of drug-likeness (QED) is 0.788. The summed E-state index contributed by atoms with van der Waals surface area (Å²) in [6.45, 7) is 5.39. The highest BCUT2D eigenvalue weighted by molar-refractivity contribution is 5.77. The molecule has 2 saturated heterocycles. The molecule has 132 valence electrons. The number of carbonyl (C=O) groups excluding carboxylic acids is 1. The Balaban J connectivity index is 1.62. The van der Waals surface area contributed by atoms with Crippen LogP contribution in [-0.2, 0) is 11.3 Å². The third-order valence-electron chi connectivity index (χ3n) is 5.56. The van der Waals surface area contributed by atoms with E-state index in [9.17, 15) is 18.0 Å². The molecule has 0 atom stereocenters. The summed E-state index contributed by atoms with van der Waals surface area (Å²) in [4.78, 5) is 15.9. The number of hydrogen-bond donors (Lipinski definition) is 0. The Kier molecular flexibility index (Phi) is 4.85. The lowest BCUT2D eigenvalue weighted by Crippen LogP contribution is -2.51. The summed E-state index contributed by atoms with van der Waals surface area (Å²) in [7, 11) is 0. The van der Waals surface area contributed by atoms with Gasteiger partial charge in [0.2, 0.25) is 5.91 Å². The molecule has 0 unspecified atom stereocenters. The van der Waals surface area contributed by atoms with Gasteiger partial charge in [-0.3, -0.25) is 9.69 Å². The van der Waals surface area contributed by atoms with Gasteiger partial charge in [-0.05, 0) is 50.8 Å². The lowest BCUT2D eigenvalue weighted by molar-refractivity contribution is -0.138. The molecule has 2 aliphatic rings. The van der Waals surface area contributed by atoms with Gasteiger partial charge in [0.15, 0.2) is 17.5 Å². The molecule has 0 aromatic heterocycles. The third kappa shape index (κ3) is 3.29. The van der Waals surface area contributed by atoms with Gasteiger partial charge in [0.1, 0.15) is 0 Å². The zero-order valence-electron chi connectivity index (χ0n) is 14.0. The fraction of sp³-hybridized carbons (Fsp3) is 0.611. The Morgan fingerprint density at radius 1 is 1.08 bits per heavy atom. The minimum absolute atomic E-state index is 0.160. The SMILES string of the molecule is CCN1CC2(CCC1=O)CCN(Cc1ccc(F)c(F)c1F)CC2. The van der Waals surface area contributed by atoms with Crippen molar-refractivity contribution in [3.63, 3.8) is 0 Å². The highest BCUT2D eigenvalue weighted by atomic mass is 19.2. The van der Waals surface area contributed by atoms with Gasteiger partial charge in [0.05, 0.1) is 0 Å². The predicted molar refractivity (Wildman–Crippen MR) is 84.7 cm³/mol. The Labute approximate surface area is 140 Å². The number of hydrogen-bond acceptors (Lipinski definition) is 2. The van der Waals surface area contributed by atoms with Crippen LogP contribution in [0.3, 0.4) is 0 Å². The van der Waals surface area contributed by atoms with Gasteiger partial charge in [-0.15, -0.1) is 0 Å². The van der Waals surface area contributed by atoms with Crippen molar-refractivity contribution in [1.82, 2.24) is 9.80 Å². The van der Waals surface area contributed by atoms with E-state index in [4.69, 9.17) is 0 Å². The second kappa shape index (κ2) is 6.75. The largest absolute Gasteiger partial charge is 0.342 e. The van der Waals surface area contributed by atoms with Crippen molar-refractivity contribution in [3.8, 4) is 0 Å². The van der Waals surface area contributed by atoms with Gasteiger partial charge < -0.3 is 4.90 Å². The standard InChI is InChI=1S/C18H23F3N2O/c1-2-23-12-18(6-5-15(23)24)7-9-22(10-8-18)11-13-3-4-14(19)17(21)16(13)20/h3-4H,2,5-12H2,1H3. The molecule has 6 heteroatoms. The molecule has 0 N–H and O–H groups in total. The van der Waals surface area contributed by atoms with E-state index in [0.29, 0.717) is 6.42 Å². The van der Waals surface area contributed by atoms with Crippen LogP contribution in [0, 0.1) is 22.9 Å². The number of likely N-dealkylation sites (tertiary alicyclic amines) is 2. The molecule has 0 radical (unpaired) electrons. The van der Waals surface area contributed by atoms with Crippen molar-refractivity contribution in [2.24, 2.45) is 5.41 Å². The molecule has 1 aromatic carbocycles. The summed E-state index contributed by atoms with van der Waals surface area (Å²) in [5.74, 6) is -3.41. The van der Waals surface area contributed by atoms with Crippen molar-refractivity contribution in [3.05, 3.63) is 35.1 Å². The number of amides is 1. The molecule has 0 aliphatic carbocycles. The van der Waals surface area contributed by atoms with Gasteiger partial charge in [-0.2, -0.15) is 0 Å². The van der Waals surface area contributed by atoms with Crippen LogP contribution in [-0.4, -0.2) is 41.9 Å². The fourth-order valence-electron chi connectivity index (χ4n) is 3.91. The minimum Gasteiger partial charge on any atom is -0.342 e. The number of benzene rings is 1. The van der Waals surface area contributed by atoms with Gasteiger partial charge in [-0.25, -0.2) is 13.2 Å². The maximum atomic E-state index is 13.8. The normalized spacial score (nSPS) is 21.5. The van der Waals surface area contributed by atoms with Gasteiger partial charge in [0.25, 0.3) is 0 Å². The van der Waals surface area contributed by atoms with Crippen LogP contribution in [0.1, 0.15) is 38.2 Å². The van der Waals surface area contributed by atoms with Gasteiger partial charge >= 0.3 is 0 Å². The Morgan fingerprint density at radius 2 is 1.79 bits per heavy atom. The first-order chi connectivity index (χ1) is 11.4. The van der Waals surface area contributed by atoms with Crippen molar-refractivity contribution in [2.75, 3.05) is 26.2 Å². The molecule has 0 bridgehead atoms. The average molecular weight is 340 g/mol. The topological polar surface area (TPSA) is 23.6 Å². The zero-order valence-corrected chi connectivity index (χ0v) is 14.0. The van der Waals surface area contributed by atoms with Crippen molar-refractivity contribution >= 4 is 5.91 Å². The van der Waals surface area contributed by atoms with Crippen LogP contribution in [0.4, 0.5) is 13.2 Å². The van der Waals surface area contributed by atoms with E-state index < -0.39 is 17.5 Å². The van der Waals surface area contributed by atoms with E-state index in [1.807, 2.05) is 11.8 Å². The lowest BCUT2D eigenvalue weighted by atomic mass is 9.72. The van der Waals surface area contributed by atoms with Crippen LogP contribution >= 0.6 is 0 Å². The second-order valence-corrected chi connectivity index (χ2v) is 7.02. The van der Waals surface area contributed by atoms with E-state index >= 15 is 0 Å². The summed E-state index contributed by atoms with van der Waals surface area (Å²) in [6, 6.07) is 2.29. The van der Waals surface area contributed by atoms with Crippen LogP contribution in [0.15, 0.2) is 12.1 Å². The number of piperidine rings is 2. The van der Waals surface area contributed by atoms with Crippen LogP contribution in [0.5, 0.6) is 0 Å². The molecule has 3 rings (SSSR count). The first-order valence-electron chi connectivity index (χ1n) is 8.56. The fourth-order valence-corrected chi connectivity index (χ4v) is 3.91. The molecule has 3 nitrogen and oxygen atoms in total. The first-order valence-corrected chi connectivity index (χ1v) is 8.56. The van der Waals surface area contributed by atoms with Gasteiger partial charge in [0, 0.05) is 31.6 Å². The monoisotopic (exact) mass is 340 g/mol. The Bertz CT molecular complexity index is 627. The highest BCUT2D eigenvalue weighted by Gasteiger charge is 2.40. The average Bonchev–Trinajstić information content (AvgIpc) is 2.60. The number of rotatable bonds is 3.